The van der Waals surface area contributed by atoms with Crippen molar-refractivity contribution in [1.82, 2.24) is 0 Å². The molecule has 0 N–H and O–H groups in total. The first-order valence-corrected chi connectivity index (χ1v) is 15.0. The van der Waals surface area contributed by atoms with Gasteiger partial charge in [-0.3, -0.25) is 0 Å². The van der Waals surface area contributed by atoms with Gasteiger partial charge in [0.2, 0.25) is 0 Å². The molecule has 0 atom stereocenters. The lowest BCUT2D eigenvalue weighted by atomic mass is 9.97. The SMILES string of the molecule is c1ccc2c(-c3ccc(N(c4ccc5ccc6oc7ccccc7c6c5c4)c4cccc5ccccc45)cc3)cccc2c1. The minimum absolute atomic E-state index is 0.909. The van der Waals surface area contributed by atoms with E-state index in [9.17, 15) is 0 Å². The maximum Gasteiger partial charge on any atom is 0.136 e. The fourth-order valence-corrected chi connectivity index (χ4v) is 6.77. The fraction of sp³-hybridized carbons (Fsp3) is 0. The van der Waals surface area contributed by atoms with Crippen LogP contribution < -0.4 is 4.90 Å². The van der Waals surface area contributed by atoms with Crippen LogP contribution in [-0.4, -0.2) is 0 Å². The minimum atomic E-state index is 0.909. The van der Waals surface area contributed by atoms with Gasteiger partial charge < -0.3 is 9.32 Å². The second kappa shape index (κ2) is 9.86. The average molecular weight is 562 g/mol. The molecular formula is C42H27NO. The van der Waals surface area contributed by atoms with Crippen LogP contribution in [0.4, 0.5) is 17.1 Å². The molecule has 0 radical (unpaired) electrons. The summed E-state index contributed by atoms with van der Waals surface area (Å²) < 4.78 is 6.26. The second-order valence-corrected chi connectivity index (χ2v) is 11.3. The molecule has 0 saturated heterocycles. The maximum atomic E-state index is 6.26. The Hall–Kier alpha value is -5.86. The third-order valence-corrected chi connectivity index (χ3v) is 8.84. The summed E-state index contributed by atoms with van der Waals surface area (Å²) in [5.74, 6) is 0. The number of hydrogen-bond donors (Lipinski definition) is 0. The summed E-state index contributed by atoms with van der Waals surface area (Å²) in [4.78, 5) is 2.38. The van der Waals surface area contributed by atoms with Crippen molar-refractivity contribution in [1.29, 1.82) is 0 Å². The van der Waals surface area contributed by atoms with Gasteiger partial charge in [-0.2, -0.15) is 0 Å². The van der Waals surface area contributed by atoms with Crippen LogP contribution >= 0.6 is 0 Å². The Kier molecular flexibility index (Phi) is 5.54. The lowest BCUT2D eigenvalue weighted by Crippen LogP contribution is -2.10. The van der Waals surface area contributed by atoms with Gasteiger partial charge in [0.15, 0.2) is 0 Å². The first-order valence-electron chi connectivity index (χ1n) is 15.0. The van der Waals surface area contributed by atoms with E-state index in [0.717, 1.165) is 39.0 Å². The van der Waals surface area contributed by atoms with Crippen LogP contribution in [-0.2, 0) is 0 Å². The van der Waals surface area contributed by atoms with Gasteiger partial charge in [-0.25, -0.2) is 0 Å². The van der Waals surface area contributed by atoms with Gasteiger partial charge >= 0.3 is 0 Å². The molecule has 0 amide bonds. The fourth-order valence-electron chi connectivity index (χ4n) is 6.77. The molecule has 9 rings (SSSR count). The molecule has 44 heavy (non-hydrogen) atoms. The number of rotatable bonds is 4. The van der Waals surface area contributed by atoms with E-state index in [1.807, 2.05) is 12.1 Å². The summed E-state index contributed by atoms with van der Waals surface area (Å²) in [7, 11) is 0. The predicted molar refractivity (Wildman–Crippen MR) is 186 cm³/mol. The van der Waals surface area contributed by atoms with E-state index < -0.39 is 0 Å². The number of benzene rings is 8. The molecule has 0 aliphatic carbocycles. The monoisotopic (exact) mass is 561 g/mol. The largest absolute Gasteiger partial charge is 0.456 e. The Balaban J connectivity index is 1.27. The molecule has 0 unspecified atom stereocenters. The van der Waals surface area contributed by atoms with Crippen LogP contribution in [0.15, 0.2) is 168 Å². The summed E-state index contributed by atoms with van der Waals surface area (Å²) in [5.41, 5.74) is 7.62. The van der Waals surface area contributed by atoms with Crippen molar-refractivity contribution in [3.63, 3.8) is 0 Å². The molecule has 0 fully saturated rings. The predicted octanol–water partition coefficient (Wildman–Crippen LogP) is 12.2. The Morgan fingerprint density at radius 3 is 1.84 bits per heavy atom. The molecule has 206 valence electrons. The normalized spacial score (nSPS) is 11.6. The summed E-state index contributed by atoms with van der Waals surface area (Å²) in [5, 5.41) is 9.61. The zero-order valence-electron chi connectivity index (χ0n) is 23.9. The topological polar surface area (TPSA) is 16.4 Å². The van der Waals surface area contributed by atoms with Gasteiger partial charge in [-0.1, -0.05) is 121 Å². The first kappa shape index (κ1) is 24.7. The van der Waals surface area contributed by atoms with E-state index in [-0.39, 0.29) is 0 Å². The number of hydrogen-bond acceptors (Lipinski definition) is 2. The summed E-state index contributed by atoms with van der Waals surface area (Å²) in [6.07, 6.45) is 0. The summed E-state index contributed by atoms with van der Waals surface area (Å²) in [6, 6.07) is 58.6. The zero-order valence-corrected chi connectivity index (χ0v) is 23.9. The Labute approximate surface area is 255 Å². The number of fused-ring (bicyclic) bond motifs is 7. The lowest BCUT2D eigenvalue weighted by Gasteiger charge is -2.27. The van der Waals surface area contributed by atoms with Crippen LogP contribution in [0.2, 0.25) is 0 Å². The molecule has 2 heteroatoms. The molecule has 2 nitrogen and oxygen atoms in total. The highest BCUT2D eigenvalue weighted by atomic mass is 16.3. The van der Waals surface area contributed by atoms with Gasteiger partial charge in [0, 0.05) is 27.5 Å². The highest BCUT2D eigenvalue weighted by Crippen LogP contribution is 2.43. The van der Waals surface area contributed by atoms with Crippen molar-refractivity contribution in [2.75, 3.05) is 4.90 Å². The van der Waals surface area contributed by atoms with E-state index in [0.29, 0.717) is 0 Å². The van der Waals surface area contributed by atoms with Gasteiger partial charge in [0.25, 0.3) is 0 Å². The van der Waals surface area contributed by atoms with Crippen LogP contribution in [0, 0.1) is 0 Å². The van der Waals surface area contributed by atoms with Gasteiger partial charge in [-0.15, -0.1) is 0 Å². The maximum absolute atomic E-state index is 6.26. The minimum Gasteiger partial charge on any atom is -0.456 e. The molecular weight excluding hydrogens is 534 g/mol. The number of anilines is 3. The lowest BCUT2D eigenvalue weighted by molar-refractivity contribution is 0.669. The molecule has 0 saturated carbocycles. The zero-order chi connectivity index (χ0) is 29.0. The van der Waals surface area contributed by atoms with Crippen LogP contribution in [0.1, 0.15) is 0 Å². The van der Waals surface area contributed by atoms with Crippen molar-refractivity contribution >= 4 is 71.3 Å². The quantitative estimate of drug-likeness (QED) is 0.212. The van der Waals surface area contributed by atoms with Crippen LogP contribution in [0.5, 0.6) is 0 Å². The van der Waals surface area contributed by atoms with Crippen molar-refractivity contribution in [3.8, 4) is 11.1 Å². The van der Waals surface area contributed by atoms with Crippen LogP contribution in [0.3, 0.4) is 0 Å². The number of para-hydroxylation sites is 1. The van der Waals surface area contributed by atoms with Gasteiger partial charge in [0.05, 0.1) is 5.69 Å². The molecule has 8 aromatic carbocycles. The molecule has 1 heterocycles. The molecule has 0 spiro atoms. The van der Waals surface area contributed by atoms with E-state index in [2.05, 4.69) is 157 Å². The standard InChI is InChI=1S/C42H27NO/c1-3-13-34-28(9-1)11-7-16-35(34)30-19-23-32(24-20-30)43(39-17-8-12-29-10-2-4-14-36(29)39)33-25-21-31-22-26-41-42(38(31)27-33)37-15-5-6-18-40(37)44-41/h1-27H. The molecule has 0 aliphatic rings. The molecule has 0 aliphatic heterocycles. The van der Waals surface area contributed by atoms with E-state index in [4.69, 9.17) is 4.42 Å². The number of furan rings is 1. The Bertz CT molecular complexity index is 2490. The van der Waals surface area contributed by atoms with Crippen LogP contribution in [0.25, 0.3) is 65.4 Å². The van der Waals surface area contributed by atoms with Gasteiger partial charge in [-0.05, 0) is 80.5 Å². The molecule has 0 bridgehead atoms. The first-order chi connectivity index (χ1) is 21.8. The second-order valence-electron chi connectivity index (χ2n) is 11.3. The van der Waals surface area contributed by atoms with Crippen molar-refractivity contribution < 1.29 is 4.42 Å². The van der Waals surface area contributed by atoms with Crippen molar-refractivity contribution in [2.24, 2.45) is 0 Å². The highest BCUT2D eigenvalue weighted by Gasteiger charge is 2.18. The number of nitrogens with zero attached hydrogens (tertiary/aromatic N) is 1. The highest BCUT2D eigenvalue weighted by molar-refractivity contribution is 6.19. The van der Waals surface area contributed by atoms with E-state index >= 15 is 0 Å². The summed E-state index contributed by atoms with van der Waals surface area (Å²) in [6.45, 7) is 0. The molecule has 9 aromatic rings. The van der Waals surface area contributed by atoms with E-state index in [1.165, 1.54) is 43.4 Å². The van der Waals surface area contributed by atoms with Gasteiger partial charge in [0.1, 0.15) is 11.2 Å². The summed E-state index contributed by atoms with van der Waals surface area (Å²) >= 11 is 0. The van der Waals surface area contributed by atoms with E-state index in [1.54, 1.807) is 0 Å². The third-order valence-electron chi connectivity index (χ3n) is 8.84. The third kappa shape index (κ3) is 3.89. The molecule has 1 aromatic heterocycles. The smallest absolute Gasteiger partial charge is 0.136 e. The Morgan fingerprint density at radius 2 is 1.00 bits per heavy atom. The Morgan fingerprint density at radius 1 is 0.386 bits per heavy atom. The average Bonchev–Trinajstić information content (AvgIpc) is 3.48. The van der Waals surface area contributed by atoms with Crippen molar-refractivity contribution in [3.05, 3.63) is 164 Å². The van der Waals surface area contributed by atoms with Crippen molar-refractivity contribution in [2.45, 2.75) is 0 Å².